The van der Waals surface area contributed by atoms with Crippen molar-refractivity contribution >= 4 is 0 Å². The molecule has 2 heterocycles. The van der Waals surface area contributed by atoms with Gasteiger partial charge in [0.25, 0.3) is 0 Å². The SMILES string of the molecule is CNCc1cc(CN2CCC(OC)C2)c(C)o1. The number of nitrogens with one attached hydrogen (secondary N) is 1. The zero-order chi connectivity index (χ0) is 12.3. The van der Waals surface area contributed by atoms with Gasteiger partial charge in [-0.3, -0.25) is 4.90 Å². The van der Waals surface area contributed by atoms with Crippen molar-refractivity contribution in [2.45, 2.75) is 32.5 Å². The Morgan fingerprint density at radius 2 is 2.41 bits per heavy atom. The first-order valence-corrected chi connectivity index (χ1v) is 6.21. The third-order valence-corrected chi connectivity index (χ3v) is 3.38. The van der Waals surface area contributed by atoms with Gasteiger partial charge in [-0.25, -0.2) is 0 Å². The van der Waals surface area contributed by atoms with Gasteiger partial charge in [-0.2, -0.15) is 0 Å². The Labute approximate surface area is 103 Å². The Morgan fingerprint density at radius 3 is 3.06 bits per heavy atom. The number of likely N-dealkylation sites (tertiary alicyclic amines) is 1. The van der Waals surface area contributed by atoms with E-state index in [1.165, 1.54) is 5.56 Å². The van der Waals surface area contributed by atoms with Crippen molar-refractivity contribution in [1.82, 2.24) is 10.2 Å². The average molecular weight is 238 g/mol. The van der Waals surface area contributed by atoms with Crippen LogP contribution in [-0.2, 0) is 17.8 Å². The van der Waals surface area contributed by atoms with Crippen LogP contribution in [0, 0.1) is 6.92 Å². The second-order valence-corrected chi connectivity index (χ2v) is 4.71. The lowest BCUT2D eigenvalue weighted by Crippen LogP contribution is -2.22. The van der Waals surface area contributed by atoms with E-state index in [0.29, 0.717) is 6.10 Å². The lowest BCUT2D eigenvalue weighted by molar-refractivity contribution is 0.107. The highest BCUT2D eigenvalue weighted by molar-refractivity contribution is 5.20. The van der Waals surface area contributed by atoms with Crippen LogP contribution < -0.4 is 5.32 Å². The first kappa shape index (κ1) is 12.6. The molecule has 2 rings (SSSR count). The molecule has 1 unspecified atom stereocenters. The van der Waals surface area contributed by atoms with Crippen molar-refractivity contribution in [3.63, 3.8) is 0 Å². The summed E-state index contributed by atoms with van der Waals surface area (Å²) in [5.41, 5.74) is 1.30. The normalized spacial score (nSPS) is 21.2. The molecule has 1 aromatic rings. The Bertz CT molecular complexity index is 362. The van der Waals surface area contributed by atoms with E-state index < -0.39 is 0 Å². The molecule has 1 atom stereocenters. The van der Waals surface area contributed by atoms with Crippen LogP contribution in [0.2, 0.25) is 0 Å². The number of hydrogen-bond donors (Lipinski definition) is 1. The van der Waals surface area contributed by atoms with Crippen molar-refractivity contribution in [2.75, 3.05) is 27.2 Å². The summed E-state index contributed by atoms with van der Waals surface area (Å²) in [5.74, 6) is 2.05. The molecule has 96 valence electrons. The quantitative estimate of drug-likeness (QED) is 0.844. The summed E-state index contributed by atoms with van der Waals surface area (Å²) in [6.07, 6.45) is 1.54. The van der Waals surface area contributed by atoms with Gasteiger partial charge < -0.3 is 14.5 Å². The van der Waals surface area contributed by atoms with Crippen LogP contribution in [-0.4, -0.2) is 38.3 Å². The van der Waals surface area contributed by atoms with Crippen LogP contribution in [0.5, 0.6) is 0 Å². The van der Waals surface area contributed by atoms with Crippen LogP contribution in [0.25, 0.3) is 0 Å². The van der Waals surface area contributed by atoms with Gasteiger partial charge in [0.1, 0.15) is 11.5 Å². The number of furan rings is 1. The molecule has 1 aromatic heterocycles. The molecule has 0 saturated carbocycles. The Hall–Kier alpha value is -0.840. The second kappa shape index (κ2) is 5.67. The van der Waals surface area contributed by atoms with Gasteiger partial charge >= 0.3 is 0 Å². The Kier molecular flexibility index (Phi) is 4.20. The minimum Gasteiger partial charge on any atom is -0.465 e. The van der Waals surface area contributed by atoms with Crippen LogP contribution in [0.1, 0.15) is 23.5 Å². The fourth-order valence-electron chi connectivity index (χ4n) is 2.38. The van der Waals surface area contributed by atoms with Crippen molar-refractivity contribution in [1.29, 1.82) is 0 Å². The summed E-state index contributed by atoms with van der Waals surface area (Å²) in [6, 6.07) is 2.16. The van der Waals surface area contributed by atoms with E-state index in [1.54, 1.807) is 7.11 Å². The highest BCUT2D eigenvalue weighted by atomic mass is 16.5. The largest absolute Gasteiger partial charge is 0.465 e. The number of rotatable bonds is 5. The summed E-state index contributed by atoms with van der Waals surface area (Å²) in [6.45, 7) is 5.95. The van der Waals surface area contributed by atoms with Crippen molar-refractivity contribution in [3.05, 3.63) is 23.2 Å². The molecule has 1 saturated heterocycles. The molecule has 17 heavy (non-hydrogen) atoms. The van der Waals surface area contributed by atoms with E-state index in [2.05, 4.69) is 16.3 Å². The monoisotopic (exact) mass is 238 g/mol. The molecule has 0 radical (unpaired) electrons. The minimum atomic E-state index is 0.402. The maximum atomic E-state index is 5.70. The topological polar surface area (TPSA) is 37.6 Å². The molecule has 0 amide bonds. The molecule has 1 aliphatic heterocycles. The molecule has 0 spiro atoms. The zero-order valence-corrected chi connectivity index (χ0v) is 11.0. The number of ether oxygens (including phenoxy) is 1. The summed E-state index contributed by atoms with van der Waals surface area (Å²) >= 11 is 0. The van der Waals surface area contributed by atoms with E-state index in [4.69, 9.17) is 9.15 Å². The molecule has 0 aromatic carbocycles. The Morgan fingerprint density at radius 1 is 1.59 bits per heavy atom. The van der Waals surface area contributed by atoms with E-state index >= 15 is 0 Å². The third kappa shape index (κ3) is 3.09. The van der Waals surface area contributed by atoms with E-state index in [0.717, 1.165) is 44.1 Å². The molecule has 1 fully saturated rings. The summed E-state index contributed by atoms with van der Waals surface area (Å²) in [7, 11) is 3.73. The number of methoxy groups -OCH3 is 1. The maximum Gasteiger partial charge on any atom is 0.118 e. The second-order valence-electron chi connectivity index (χ2n) is 4.71. The van der Waals surface area contributed by atoms with Gasteiger partial charge in [0, 0.05) is 32.3 Å². The molecular formula is C13H22N2O2. The first-order valence-electron chi connectivity index (χ1n) is 6.21. The van der Waals surface area contributed by atoms with Crippen molar-refractivity contribution in [3.8, 4) is 0 Å². The van der Waals surface area contributed by atoms with Crippen LogP contribution in [0.15, 0.2) is 10.5 Å². The number of hydrogen-bond acceptors (Lipinski definition) is 4. The maximum absolute atomic E-state index is 5.70. The van der Waals surface area contributed by atoms with E-state index in [1.807, 2.05) is 14.0 Å². The smallest absolute Gasteiger partial charge is 0.118 e. The molecular weight excluding hydrogens is 216 g/mol. The fourth-order valence-corrected chi connectivity index (χ4v) is 2.38. The van der Waals surface area contributed by atoms with Crippen molar-refractivity contribution < 1.29 is 9.15 Å². The Balaban J connectivity index is 1.94. The zero-order valence-electron chi connectivity index (χ0n) is 11.0. The standard InChI is InChI=1S/C13H22N2O2/c1-10-11(6-13(17-10)7-14-2)8-15-5-4-12(9-15)16-3/h6,12,14H,4-5,7-9H2,1-3H3. The number of aryl methyl sites for hydroxylation is 1. The average Bonchev–Trinajstić information content (AvgIpc) is 2.88. The predicted octanol–water partition coefficient (Wildman–Crippen LogP) is 1.53. The first-order chi connectivity index (χ1) is 8.22. The predicted molar refractivity (Wildman–Crippen MR) is 66.9 cm³/mol. The fraction of sp³-hybridized carbons (Fsp3) is 0.692. The molecule has 4 nitrogen and oxygen atoms in total. The highest BCUT2D eigenvalue weighted by Crippen LogP contribution is 2.20. The van der Waals surface area contributed by atoms with Gasteiger partial charge in [0.05, 0.1) is 12.6 Å². The van der Waals surface area contributed by atoms with Gasteiger partial charge in [-0.15, -0.1) is 0 Å². The highest BCUT2D eigenvalue weighted by Gasteiger charge is 2.23. The van der Waals surface area contributed by atoms with E-state index in [9.17, 15) is 0 Å². The molecule has 0 aliphatic carbocycles. The minimum absolute atomic E-state index is 0.402. The van der Waals surface area contributed by atoms with Crippen LogP contribution in [0.3, 0.4) is 0 Å². The number of nitrogens with zero attached hydrogens (tertiary/aromatic N) is 1. The molecule has 1 N–H and O–H groups in total. The van der Waals surface area contributed by atoms with Gasteiger partial charge in [0.2, 0.25) is 0 Å². The van der Waals surface area contributed by atoms with Crippen LogP contribution >= 0.6 is 0 Å². The van der Waals surface area contributed by atoms with E-state index in [-0.39, 0.29) is 0 Å². The molecule has 1 aliphatic rings. The van der Waals surface area contributed by atoms with Gasteiger partial charge in [-0.05, 0) is 26.5 Å². The van der Waals surface area contributed by atoms with Crippen LogP contribution in [0.4, 0.5) is 0 Å². The van der Waals surface area contributed by atoms with Gasteiger partial charge in [0.15, 0.2) is 0 Å². The molecule has 4 heteroatoms. The summed E-state index contributed by atoms with van der Waals surface area (Å²) in [5, 5.41) is 3.11. The summed E-state index contributed by atoms with van der Waals surface area (Å²) < 4.78 is 11.1. The lowest BCUT2D eigenvalue weighted by atomic mass is 10.2. The van der Waals surface area contributed by atoms with Gasteiger partial charge in [-0.1, -0.05) is 0 Å². The lowest BCUT2D eigenvalue weighted by Gasteiger charge is -2.14. The third-order valence-electron chi connectivity index (χ3n) is 3.38. The molecule has 0 bridgehead atoms. The summed E-state index contributed by atoms with van der Waals surface area (Å²) in [4.78, 5) is 2.43. The van der Waals surface area contributed by atoms with Crippen molar-refractivity contribution in [2.24, 2.45) is 0 Å².